The maximum atomic E-state index is 13.3. The number of aliphatic hydroxyl groups excluding tert-OH is 1. The highest BCUT2D eigenvalue weighted by Gasteiger charge is 2.29. The van der Waals surface area contributed by atoms with Crippen LogP contribution in [0.5, 0.6) is 0 Å². The Hall–Kier alpha value is -3.58. The molecular weight excluding hydrogens is 600 g/mol. The number of hydrogen-bond donors (Lipinski definition) is 5. The maximum Gasteiger partial charge on any atom is 0.312 e. The molecule has 0 saturated carbocycles. The zero-order valence-electron chi connectivity index (χ0n) is 26.9. The second-order valence-corrected chi connectivity index (χ2v) is 10.6. The Bertz CT molecular complexity index is 1060. The van der Waals surface area contributed by atoms with Gasteiger partial charge in [0.25, 0.3) is 0 Å². The summed E-state index contributed by atoms with van der Waals surface area (Å²) in [5.74, 6) is 0.281. The fourth-order valence-electron chi connectivity index (χ4n) is 4.10. The van der Waals surface area contributed by atoms with Crippen LogP contribution >= 0.6 is 0 Å². The molecule has 1 aromatic rings. The highest BCUT2D eigenvalue weighted by atomic mass is 16.6. The number of hydrogen-bond acceptors (Lipinski definition) is 10. The van der Waals surface area contributed by atoms with Gasteiger partial charge in [-0.05, 0) is 36.5 Å². The molecule has 0 fully saturated rings. The average molecular weight is 651 g/mol. The standard InChI is InChI=1S/C32H50N4O10/c1-4-12-42-13-14-43-15-16-44-17-18-45-19-20-46-23-29(39)36-30(24(2)3)28(38)21-26(6-5-11-34-32(33)41)31(40)35-27-9-7-25(22-37)8-10-27/h1,7-10,24,26,30,37H,5-6,11-23H2,2-3H3,(H,35,40)(H,36,39)(H3,33,34,41)/t26?,30-/m1/s1. The average Bonchev–Trinajstić information content (AvgIpc) is 3.03. The van der Waals surface area contributed by atoms with E-state index in [0.717, 1.165) is 0 Å². The second-order valence-electron chi connectivity index (χ2n) is 10.6. The number of anilines is 1. The van der Waals surface area contributed by atoms with Crippen LogP contribution in [0.3, 0.4) is 0 Å². The lowest BCUT2D eigenvalue weighted by Gasteiger charge is -2.24. The SMILES string of the molecule is C#CCOCCOCCOCCOCCOCC(=O)N[C@@H](C(=O)CC(CCCNC(N)=O)C(=O)Nc1ccc(CO)cc1)C(C)C. The Balaban J connectivity index is 2.44. The van der Waals surface area contributed by atoms with Gasteiger partial charge in [0.15, 0.2) is 5.78 Å². The molecule has 0 aromatic heterocycles. The van der Waals surface area contributed by atoms with E-state index < -0.39 is 23.9 Å². The molecule has 258 valence electrons. The number of nitrogens with two attached hydrogens (primary N) is 1. The van der Waals surface area contributed by atoms with Gasteiger partial charge in [-0.15, -0.1) is 6.42 Å². The number of urea groups is 1. The van der Waals surface area contributed by atoms with Crippen LogP contribution in [-0.4, -0.2) is 107 Å². The molecule has 2 atom stereocenters. The number of amides is 4. The number of carbonyl (C=O) groups is 4. The molecule has 1 unspecified atom stereocenters. The van der Waals surface area contributed by atoms with Gasteiger partial charge in [-0.1, -0.05) is 31.9 Å². The Morgan fingerprint density at radius 2 is 1.46 bits per heavy atom. The van der Waals surface area contributed by atoms with E-state index in [1.807, 2.05) is 0 Å². The van der Waals surface area contributed by atoms with E-state index in [1.54, 1.807) is 38.1 Å². The molecule has 46 heavy (non-hydrogen) atoms. The second kappa shape index (κ2) is 25.6. The molecule has 0 spiro atoms. The Morgan fingerprint density at radius 1 is 0.891 bits per heavy atom. The summed E-state index contributed by atoms with van der Waals surface area (Å²) in [6, 6.07) is 5.18. The Kier molecular flexibility index (Phi) is 22.5. The lowest BCUT2D eigenvalue weighted by molar-refractivity contribution is -0.133. The first-order valence-electron chi connectivity index (χ1n) is 15.4. The van der Waals surface area contributed by atoms with Gasteiger partial charge >= 0.3 is 6.03 Å². The zero-order valence-corrected chi connectivity index (χ0v) is 26.9. The van der Waals surface area contributed by atoms with Crippen LogP contribution in [0.25, 0.3) is 0 Å². The van der Waals surface area contributed by atoms with Gasteiger partial charge in [0.2, 0.25) is 11.8 Å². The van der Waals surface area contributed by atoms with Crippen LogP contribution in [0.2, 0.25) is 0 Å². The van der Waals surface area contributed by atoms with E-state index in [2.05, 4.69) is 21.9 Å². The molecule has 0 aliphatic carbocycles. The summed E-state index contributed by atoms with van der Waals surface area (Å²) >= 11 is 0. The van der Waals surface area contributed by atoms with Gasteiger partial charge in [0.1, 0.15) is 13.2 Å². The number of primary amides is 1. The molecule has 0 heterocycles. The van der Waals surface area contributed by atoms with Gasteiger partial charge < -0.3 is 50.5 Å². The van der Waals surface area contributed by atoms with Gasteiger partial charge in [-0.3, -0.25) is 14.4 Å². The number of terminal acetylenes is 1. The molecule has 14 heteroatoms. The first kappa shape index (κ1) is 40.4. The minimum Gasteiger partial charge on any atom is -0.392 e. The minimum atomic E-state index is -0.827. The Morgan fingerprint density at radius 3 is 1.98 bits per heavy atom. The van der Waals surface area contributed by atoms with Gasteiger partial charge in [-0.25, -0.2) is 4.79 Å². The number of ether oxygens (including phenoxy) is 5. The van der Waals surface area contributed by atoms with Crippen LogP contribution in [-0.2, 0) is 44.7 Å². The Labute approximate surface area is 271 Å². The fourth-order valence-corrected chi connectivity index (χ4v) is 4.10. The number of nitrogens with one attached hydrogen (secondary N) is 3. The molecule has 0 aliphatic heterocycles. The topological polar surface area (TPSA) is 197 Å². The molecule has 6 N–H and O–H groups in total. The minimum absolute atomic E-state index is 0.121. The third-order valence-electron chi connectivity index (χ3n) is 6.49. The highest BCUT2D eigenvalue weighted by Crippen LogP contribution is 2.19. The number of benzene rings is 1. The van der Waals surface area contributed by atoms with Crippen molar-refractivity contribution in [2.45, 2.75) is 45.8 Å². The first-order chi connectivity index (χ1) is 22.2. The first-order valence-corrected chi connectivity index (χ1v) is 15.4. The molecule has 4 amide bonds. The van der Waals surface area contributed by atoms with Gasteiger partial charge in [0.05, 0.1) is 65.5 Å². The van der Waals surface area contributed by atoms with Crippen LogP contribution < -0.4 is 21.7 Å². The molecule has 1 aromatic carbocycles. The summed E-state index contributed by atoms with van der Waals surface area (Å²) in [6.07, 6.45) is 5.67. The lowest BCUT2D eigenvalue weighted by Crippen LogP contribution is -2.47. The van der Waals surface area contributed by atoms with Crippen LogP contribution in [0.15, 0.2) is 24.3 Å². The van der Waals surface area contributed by atoms with Crippen molar-refractivity contribution in [2.75, 3.05) is 77.9 Å². The van der Waals surface area contributed by atoms with Crippen LogP contribution in [0, 0.1) is 24.2 Å². The van der Waals surface area contributed by atoms with E-state index in [1.165, 1.54) is 0 Å². The molecule has 0 saturated heterocycles. The largest absolute Gasteiger partial charge is 0.392 e. The molecule has 1 rings (SSSR count). The summed E-state index contributed by atoms with van der Waals surface area (Å²) in [5.41, 5.74) is 6.33. The quantitative estimate of drug-likeness (QED) is 0.0677. The fraction of sp³-hybridized carbons (Fsp3) is 0.625. The predicted molar refractivity (Wildman–Crippen MR) is 171 cm³/mol. The van der Waals surface area contributed by atoms with E-state index in [9.17, 15) is 24.3 Å². The van der Waals surface area contributed by atoms with E-state index in [4.69, 9.17) is 35.8 Å². The van der Waals surface area contributed by atoms with E-state index >= 15 is 0 Å². The van der Waals surface area contributed by atoms with Crippen molar-refractivity contribution in [3.63, 3.8) is 0 Å². The van der Waals surface area contributed by atoms with Gasteiger partial charge in [0, 0.05) is 24.6 Å². The van der Waals surface area contributed by atoms with Crippen LogP contribution in [0.1, 0.15) is 38.7 Å². The third-order valence-corrected chi connectivity index (χ3v) is 6.49. The highest BCUT2D eigenvalue weighted by molar-refractivity contribution is 5.97. The summed E-state index contributed by atoms with van der Waals surface area (Å²) in [7, 11) is 0. The normalized spacial score (nSPS) is 12.2. The van der Waals surface area contributed by atoms with Crippen molar-refractivity contribution in [3.8, 4) is 12.3 Å². The molecule has 14 nitrogen and oxygen atoms in total. The van der Waals surface area contributed by atoms with Crippen molar-refractivity contribution in [2.24, 2.45) is 17.6 Å². The summed E-state index contributed by atoms with van der Waals surface area (Å²) in [4.78, 5) is 50.1. The third kappa shape index (κ3) is 19.7. The zero-order chi connectivity index (χ0) is 34.0. The predicted octanol–water partition coefficient (Wildman–Crippen LogP) is 0.998. The summed E-state index contributed by atoms with van der Waals surface area (Å²) in [5, 5.41) is 17.2. The van der Waals surface area contributed by atoms with Crippen molar-refractivity contribution in [1.29, 1.82) is 0 Å². The number of carbonyl (C=O) groups excluding carboxylic acids is 4. The molecule has 0 aliphatic rings. The summed E-state index contributed by atoms with van der Waals surface area (Å²) in [6.45, 7) is 6.62. The van der Waals surface area contributed by atoms with Crippen molar-refractivity contribution in [3.05, 3.63) is 29.8 Å². The smallest absolute Gasteiger partial charge is 0.312 e. The molecule has 0 bridgehead atoms. The molecule has 0 radical (unpaired) electrons. The monoisotopic (exact) mass is 650 g/mol. The van der Waals surface area contributed by atoms with E-state index in [0.29, 0.717) is 63.7 Å². The van der Waals surface area contributed by atoms with Gasteiger partial charge in [-0.2, -0.15) is 0 Å². The molecular formula is C32H50N4O10. The number of Topliss-reactive ketones (excluding diaryl/α,β-unsaturated/α-hetero) is 1. The number of aliphatic hydroxyl groups is 1. The van der Waals surface area contributed by atoms with Crippen molar-refractivity contribution < 1.29 is 48.0 Å². The van der Waals surface area contributed by atoms with Crippen LogP contribution in [0.4, 0.5) is 10.5 Å². The maximum absolute atomic E-state index is 13.3. The lowest BCUT2D eigenvalue weighted by atomic mass is 9.89. The number of rotatable bonds is 27. The van der Waals surface area contributed by atoms with Crippen molar-refractivity contribution in [1.82, 2.24) is 10.6 Å². The summed E-state index contributed by atoms with van der Waals surface area (Å²) < 4.78 is 26.6. The van der Waals surface area contributed by atoms with E-state index in [-0.39, 0.29) is 63.6 Å². The van der Waals surface area contributed by atoms with Crippen molar-refractivity contribution >= 4 is 29.3 Å². The number of ketones is 1.